The zero-order valence-electron chi connectivity index (χ0n) is 13.2. The molecule has 0 fully saturated rings. The van der Waals surface area contributed by atoms with E-state index in [2.05, 4.69) is 5.32 Å². The number of carbonyl (C=O) groups is 1. The number of halogens is 3. The molecule has 0 saturated carbocycles. The van der Waals surface area contributed by atoms with E-state index in [0.717, 1.165) is 11.6 Å². The molecule has 0 bridgehead atoms. The maximum Gasteiger partial charge on any atom is 0.416 e. The normalized spacial score (nSPS) is 14.0. The molecule has 2 unspecified atom stereocenters. The van der Waals surface area contributed by atoms with Crippen molar-refractivity contribution < 1.29 is 18.0 Å². The minimum atomic E-state index is -4.45. The van der Waals surface area contributed by atoms with Crippen molar-refractivity contribution in [2.24, 2.45) is 11.7 Å². The largest absolute Gasteiger partial charge is 0.416 e. The monoisotopic (exact) mass is 336 g/mol. The topological polar surface area (TPSA) is 55.1 Å². The molecule has 128 valence electrons. The molecule has 0 aromatic heterocycles. The van der Waals surface area contributed by atoms with E-state index in [4.69, 9.17) is 5.73 Å². The standard InChI is InChI=1S/C18H19F3N2O/c1-12(16(22)13-7-3-2-4-8-13)17(24)23-11-14-9-5-6-10-15(14)18(19,20)21/h2-10,12,16H,11,22H2,1H3,(H,23,24). The maximum atomic E-state index is 12.9. The Morgan fingerprint density at radius 3 is 2.29 bits per heavy atom. The number of carbonyl (C=O) groups excluding carboxylic acids is 1. The third kappa shape index (κ3) is 4.35. The van der Waals surface area contributed by atoms with Crippen molar-refractivity contribution in [1.82, 2.24) is 5.32 Å². The molecule has 0 radical (unpaired) electrons. The van der Waals surface area contributed by atoms with Gasteiger partial charge in [-0.15, -0.1) is 0 Å². The van der Waals surface area contributed by atoms with E-state index >= 15 is 0 Å². The number of nitrogens with one attached hydrogen (secondary N) is 1. The number of rotatable bonds is 5. The molecule has 24 heavy (non-hydrogen) atoms. The van der Waals surface area contributed by atoms with E-state index < -0.39 is 23.7 Å². The highest BCUT2D eigenvalue weighted by molar-refractivity contribution is 5.79. The fraction of sp³-hybridized carbons (Fsp3) is 0.278. The first-order valence-electron chi connectivity index (χ1n) is 7.54. The van der Waals surface area contributed by atoms with Crippen LogP contribution in [-0.4, -0.2) is 5.91 Å². The summed E-state index contributed by atoms with van der Waals surface area (Å²) in [6, 6.07) is 13.8. The molecule has 0 aliphatic rings. The van der Waals surface area contributed by atoms with Crippen molar-refractivity contribution in [3.63, 3.8) is 0 Å². The molecule has 2 atom stereocenters. The summed E-state index contributed by atoms with van der Waals surface area (Å²) in [6.45, 7) is 1.46. The lowest BCUT2D eigenvalue weighted by Gasteiger charge is -2.20. The molecule has 3 nitrogen and oxygen atoms in total. The van der Waals surface area contributed by atoms with E-state index in [0.29, 0.717) is 0 Å². The van der Waals surface area contributed by atoms with Crippen LogP contribution in [0.3, 0.4) is 0 Å². The van der Waals surface area contributed by atoms with Gasteiger partial charge in [-0.1, -0.05) is 55.5 Å². The van der Waals surface area contributed by atoms with Gasteiger partial charge in [0, 0.05) is 12.6 Å². The van der Waals surface area contributed by atoms with E-state index in [1.807, 2.05) is 30.3 Å². The minimum Gasteiger partial charge on any atom is -0.352 e. The van der Waals surface area contributed by atoms with Crippen molar-refractivity contribution in [1.29, 1.82) is 0 Å². The molecule has 3 N–H and O–H groups in total. The first-order chi connectivity index (χ1) is 11.3. The zero-order valence-corrected chi connectivity index (χ0v) is 13.2. The average molecular weight is 336 g/mol. The van der Waals surface area contributed by atoms with Crippen LogP contribution >= 0.6 is 0 Å². The number of amides is 1. The summed E-state index contributed by atoms with van der Waals surface area (Å²) in [5.74, 6) is -0.950. The third-order valence-corrected chi connectivity index (χ3v) is 3.91. The fourth-order valence-electron chi connectivity index (χ4n) is 2.42. The fourth-order valence-corrected chi connectivity index (χ4v) is 2.42. The molecule has 0 spiro atoms. The average Bonchev–Trinajstić information content (AvgIpc) is 2.58. The lowest BCUT2D eigenvalue weighted by molar-refractivity contribution is -0.138. The molecular formula is C18H19F3N2O. The minimum absolute atomic E-state index is 0.0267. The highest BCUT2D eigenvalue weighted by atomic mass is 19.4. The zero-order chi connectivity index (χ0) is 17.7. The Labute approximate surface area is 138 Å². The van der Waals surface area contributed by atoms with Crippen LogP contribution in [0.5, 0.6) is 0 Å². The van der Waals surface area contributed by atoms with Crippen LogP contribution < -0.4 is 11.1 Å². The van der Waals surface area contributed by atoms with Crippen LogP contribution in [0.2, 0.25) is 0 Å². The molecule has 0 saturated heterocycles. The maximum absolute atomic E-state index is 12.9. The van der Waals surface area contributed by atoms with Crippen LogP contribution in [0.25, 0.3) is 0 Å². The number of hydrogen-bond acceptors (Lipinski definition) is 2. The van der Waals surface area contributed by atoms with Crippen LogP contribution in [0, 0.1) is 5.92 Å². The number of alkyl halides is 3. The summed E-state index contributed by atoms with van der Waals surface area (Å²) in [7, 11) is 0. The first-order valence-corrected chi connectivity index (χ1v) is 7.54. The van der Waals surface area contributed by atoms with Gasteiger partial charge in [0.2, 0.25) is 5.91 Å². The van der Waals surface area contributed by atoms with Crippen LogP contribution in [0.4, 0.5) is 13.2 Å². The predicted molar refractivity (Wildman–Crippen MR) is 85.8 cm³/mol. The Hall–Kier alpha value is -2.34. The predicted octanol–water partition coefficient (Wildman–Crippen LogP) is 3.66. The summed E-state index contributed by atoms with van der Waals surface area (Å²) in [5.41, 5.74) is 6.15. The lowest BCUT2D eigenvalue weighted by atomic mass is 9.94. The van der Waals surface area contributed by atoms with Gasteiger partial charge in [0.25, 0.3) is 0 Å². The Bertz CT molecular complexity index is 686. The summed E-state index contributed by atoms with van der Waals surface area (Å²) in [5, 5.41) is 2.54. The van der Waals surface area contributed by atoms with Crippen LogP contribution in [-0.2, 0) is 17.5 Å². The Morgan fingerprint density at radius 2 is 1.67 bits per heavy atom. The molecule has 0 aliphatic carbocycles. The molecule has 2 rings (SSSR count). The summed E-state index contributed by atoms with van der Waals surface area (Å²) in [4.78, 5) is 12.2. The summed E-state index contributed by atoms with van der Waals surface area (Å²) in [6.07, 6.45) is -4.45. The highest BCUT2D eigenvalue weighted by Gasteiger charge is 2.33. The summed E-state index contributed by atoms with van der Waals surface area (Å²) < 4.78 is 38.8. The van der Waals surface area contributed by atoms with Gasteiger partial charge in [-0.3, -0.25) is 4.79 Å². The molecule has 2 aromatic carbocycles. The quantitative estimate of drug-likeness (QED) is 0.875. The second kappa shape index (κ2) is 7.49. The molecule has 0 aliphatic heterocycles. The van der Waals surface area contributed by atoms with Crippen molar-refractivity contribution in [2.75, 3.05) is 0 Å². The van der Waals surface area contributed by atoms with E-state index in [-0.39, 0.29) is 18.0 Å². The second-order valence-corrected chi connectivity index (χ2v) is 5.60. The number of benzene rings is 2. The highest BCUT2D eigenvalue weighted by Crippen LogP contribution is 2.31. The van der Waals surface area contributed by atoms with Gasteiger partial charge in [-0.05, 0) is 17.2 Å². The third-order valence-electron chi connectivity index (χ3n) is 3.91. The molecule has 1 amide bonds. The van der Waals surface area contributed by atoms with E-state index in [1.165, 1.54) is 18.2 Å². The van der Waals surface area contributed by atoms with Gasteiger partial charge in [-0.2, -0.15) is 13.2 Å². The van der Waals surface area contributed by atoms with Gasteiger partial charge < -0.3 is 11.1 Å². The molecule has 0 heterocycles. The van der Waals surface area contributed by atoms with Crippen molar-refractivity contribution in [2.45, 2.75) is 25.7 Å². The van der Waals surface area contributed by atoms with Crippen molar-refractivity contribution in [3.05, 3.63) is 71.3 Å². The molecule has 6 heteroatoms. The molecular weight excluding hydrogens is 317 g/mol. The van der Waals surface area contributed by atoms with Gasteiger partial charge in [0.05, 0.1) is 11.5 Å². The Morgan fingerprint density at radius 1 is 1.08 bits per heavy atom. The molecule has 2 aromatic rings. The van der Waals surface area contributed by atoms with Crippen molar-refractivity contribution >= 4 is 5.91 Å². The summed E-state index contributed by atoms with van der Waals surface area (Å²) >= 11 is 0. The van der Waals surface area contributed by atoms with Gasteiger partial charge in [-0.25, -0.2) is 0 Å². The SMILES string of the molecule is CC(C(=O)NCc1ccccc1C(F)(F)F)C(N)c1ccccc1. The first kappa shape index (κ1) is 18.0. The van der Waals surface area contributed by atoms with Gasteiger partial charge in [0.15, 0.2) is 0 Å². The van der Waals surface area contributed by atoms with Gasteiger partial charge in [0.1, 0.15) is 0 Å². The Balaban J connectivity index is 2.04. The van der Waals surface area contributed by atoms with Crippen molar-refractivity contribution in [3.8, 4) is 0 Å². The lowest BCUT2D eigenvalue weighted by Crippen LogP contribution is -2.35. The number of nitrogens with two attached hydrogens (primary N) is 1. The smallest absolute Gasteiger partial charge is 0.352 e. The van der Waals surface area contributed by atoms with E-state index in [9.17, 15) is 18.0 Å². The van der Waals surface area contributed by atoms with Crippen LogP contribution in [0.15, 0.2) is 54.6 Å². The number of hydrogen-bond donors (Lipinski definition) is 2. The Kier molecular flexibility index (Phi) is 5.62. The van der Waals surface area contributed by atoms with E-state index in [1.54, 1.807) is 6.92 Å². The van der Waals surface area contributed by atoms with Crippen LogP contribution in [0.1, 0.15) is 29.7 Å². The van der Waals surface area contributed by atoms with Gasteiger partial charge >= 0.3 is 6.18 Å². The second-order valence-electron chi connectivity index (χ2n) is 5.60.